The van der Waals surface area contributed by atoms with Gasteiger partial charge in [-0.05, 0) is 44.0 Å². The summed E-state index contributed by atoms with van der Waals surface area (Å²) in [6.07, 6.45) is 0. The summed E-state index contributed by atoms with van der Waals surface area (Å²) >= 11 is 0. The van der Waals surface area contributed by atoms with E-state index in [1.165, 1.54) is 23.3 Å². The van der Waals surface area contributed by atoms with Gasteiger partial charge in [0.1, 0.15) is 5.60 Å². The van der Waals surface area contributed by atoms with Gasteiger partial charge in [-0.1, -0.05) is 72.8 Å². The van der Waals surface area contributed by atoms with E-state index >= 15 is 0 Å². The molecule has 0 aliphatic heterocycles. The summed E-state index contributed by atoms with van der Waals surface area (Å²) in [6, 6.07) is 25.5. The minimum atomic E-state index is -5.84. The van der Waals surface area contributed by atoms with Crippen LogP contribution < -0.4 is 8.92 Å². The van der Waals surface area contributed by atoms with Gasteiger partial charge in [-0.25, -0.2) is 4.79 Å². The maximum absolute atomic E-state index is 12.3. The Labute approximate surface area is 215 Å². The number of ether oxygens (including phenoxy) is 2. The van der Waals surface area contributed by atoms with Gasteiger partial charge in [-0.3, -0.25) is 0 Å². The molecule has 0 atom stereocenters. The van der Waals surface area contributed by atoms with Crippen molar-refractivity contribution in [1.82, 2.24) is 0 Å². The summed E-state index contributed by atoms with van der Waals surface area (Å²) in [4.78, 5) is 11.5. The van der Waals surface area contributed by atoms with Gasteiger partial charge in [0.25, 0.3) is 0 Å². The molecule has 0 saturated heterocycles. The van der Waals surface area contributed by atoms with Gasteiger partial charge in [0.2, 0.25) is 0 Å². The number of halogens is 3. The number of esters is 1. The van der Waals surface area contributed by atoms with E-state index in [1.54, 1.807) is 20.8 Å². The molecule has 11 heteroatoms. The molecule has 0 amide bonds. The van der Waals surface area contributed by atoms with E-state index in [2.05, 4.69) is 52.7 Å². The van der Waals surface area contributed by atoms with Crippen LogP contribution in [0.3, 0.4) is 0 Å². The fourth-order valence-corrected chi connectivity index (χ4v) is 3.04. The highest BCUT2D eigenvalue weighted by Gasteiger charge is 2.48. The molecule has 0 aliphatic rings. The van der Waals surface area contributed by atoms with E-state index in [0.29, 0.717) is 0 Å². The van der Waals surface area contributed by atoms with Crippen molar-refractivity contribution in [1.29, 1.82) is 0 Å². The van der Waals surface area contributed by atoms with Gasteiger partial charge in [0.15, 0.2) is 18.1 Å². The summed E-state index contributed by atoms with van der Waals surface area (Å²) in [5, 5.41) is 0. The molecule has 3 aromatic rings. The van der Waals surface area contributed by atoms with Gasteiger partial charge in [0, 0.05) is 0 Å². The van der Waals surface area contributed by atoms with Crippen LogP contribution in [0.15, 0.2) is 84.9 Å². The molecule has 0 radical (unpaired) electrons. The summed E-state index contributed by atoms with van der Waals surface area (Å²) in [5.41, 5.74) is -3.79. The molecular formula is C25H27F3O6S2. The Morgan fingerprint density at radius 3 is 1.58 bits per heavy atom. The Kier molecular flexibility index (Phi) is 11.3. The molecule has 0 spiro atoms. The van der Waals surface area contributed by atoms with Crippen LogP contribution in [0.5, 0.6) is 11.5 Å². The first-order chi connectivity index (χ1) is 16.3. The van der Waals surface area contributed by atoms with Crippen LogP contribution in [0, 0.1) is 0 Å². The van der Waals surface area contributed by atoms with Crippen molar-refractivity contribution in [2.75, 3.05) is 6.61 Å². The smallest absolute Gasteiger partial charge is 0.478 e. The lowest BCUT2D eigenvalue weighted by molar-refractivity contribution is -0.157. The van der Waals surface area contributed by atoms with Gasteiger partial charge in [-0.2, -0.15) is 35.1 Å². The minimum Gasteiger partial charge on any atom is -0.478 e. The molecule has 36 heavy (non-hydrogen) atoms. The molecule has 0 unspecified atom stereocenters. The van der Waals surface area contributed by atoms with E-state index in [-0.39, 0.29) is 19.2 Å². The molecule has 3 rings (SSSR count). The van der Waals surface area contributed by atoms with E-state index in [1.807, 2.05) is 12.1 Å². The van der Waals surface area contributed by atoms with Crippen molar-refractivity contribution in [3.8, 4) is 22.6 Å². The highest BCUT2D eigenvalue weighted by Crippen LogP contribution is 2.32. The Morgan fingerprint density at radius 2 is 1.17 bits per heavy atom. The Bertz CT molecular complexity index is 1160. The average molecular weight is 545 g/mol. The van der Waals surface area contributed by atoms with Crippen molar-refractivity contribution in [2.24, 2.45) is 0 Å². The molecule has 0 saturated carbocycles. The summed E-state index contributed by atoms with van der Waals surface area (Å²) in [7, 11) is -5.84. The van der Waals surface area contributed by atoms with E-state index in [0.717, 1.165) is 12.1 Å². The second-order valence-electron chi connectivity index (χ2n) is 8.04. The lowest BCUT2D eigenvalue weighted by Gasteiger charge is -2.19. The van der Waals surface area contributed by atoms with Crippen molar-refractivity contribution in [2.45, 2.75) is 31.9 Å². The van der Waals surface area contributed by atoms with Crippen LogP contribution in [-0.4, -0.2) is 32.1 Å². The molecule has 0 aromatic heterocycles. The molecule has 6 nitrogen and oxygen atoms in total. The number of hydrogen-bond donors (Lipinski definition) is 0. The van der Waals surface area contributed by atoms with Crippen LogP contribution in [0.4, 0.5) is 13.2 Å². The Hall–Kier alpha value is -3.18. The molecule has 196 valence electrons. The number of carbonyl (C=O) groups excluding carboxylic acids is 1. The monoisotopic (exact) mass is 544 g/mol. The number of alkyl halides is 3. The molecule has 0 heterocycles. The van der Waals surface area contributed by atoms with Gasteiger partial charge in [0.05, 0.1) is 0 Å². The fraction of sp³-hybridized carbons (Fsp3) is 0.240. The molecule has 0 bridgehead atoms. The number of carbonyl (C=O) groups is 1. The van der Waals surface area contributed by atoms with Crippen molar-refractivity contribution >= 4 is 29.6 Å². The normalized spacial score (nSPS) is 11.3. The van der Waals surface area contributed by atoms with E-state index < -0.39 is 39.6 Å². The fourth-order valence-electron chi connectivity index (χ4n) is 2.57. The first-order valence-corrected chi connectivity index (χ1v) is 11.7. The first-order valence-electron chi connectivity index (χ1n) is 10.3. The van der Waals surface area contributed by atoms with Crippen molar-refractivity contribution in [3.63, 3.8) is 0 Å². The third kappa shape index (κ3) is 10.2. The highest BCUT2D eigenvalue weighted by molar-refractivity contribution is 7.88. The quantitative estimate of drug-likeness (QED) is 0.212. The Morgan fingerprint density at radius 1 is 0.750 bits per heavy atom. The molecular weight excluding hydrogens is 517 g/mol. The van der Waals surface area contributed by atoms with Crippen LogP contribution >= 0.6 is 13.5 Å². The molecule has 0 N–H and O–H groups in total. The predicted octanol–water partition coefficient (Wildman–Crippen LogP) is 6.10. The van der Waals surface area contributed by atoms with Crippen LogP contribution in [-0.2, 0) is 19.6 Å². The second kappa shape index (κ2) is 13.2. The third-order valence-corrected chi connectivity index (χ3v) is 4.94. The van der Waals surface area contributed by atoms with Crippen molar-refractivity contribution < 1.29 is 40.0 Å². The second-order valence-corrected chi connectivity index (χ2v) is 9.57. The number of para-hydroxylation sites is 2. The number of benzene rings is 3. The molecule has 0 fully saturated rings. The minimum absolute atomic E-state index is 0. The lowest BCUT2D eigenvalue weighted by atomic mass is 10.1. The standard InChI is InChI=1S/C13H15F3O6S.C12H10.H2S/c1-12(2,3)21-11(17)8-20-9-6-4-5-7-10(9)22-23(18,19)13(14,15)16;1-3-7-11(8-4-1)12-9-5-2-6-10-12;/h4-7H,8H2,1-3H3;1-10H;1H2. The number of hydrogen-bond acceptors (Lipinski definition) is 6. The topological polar surface area (TPSA) is 78.9 Å². The zero-order valence-electron chi connectivity index (χ0n) is 19.8. The summed E-state index contributed by atoms with van der Waals surface area (Å²) in [6.45, 7) is 4.25. The van der Waals surface area contributed by atoms with E-state index in [4.69, 9.17) is 9.47 Å². The zero-order valence-corrected chi connectivity index (χ0v) is 21.6. The van der Waals surface area contributed by atoms with Gasteiger partial charge >= 0.3 is 21.6 Å². The lowest BCUT2D eigenvalue weighted by Crippen LogP contribution is -2.29. The Balaban J connectivity index is 0.000000416. The number of rotatable bonds is 6. The SMILES string of the molecule is CC(C)(C)OC(=O)COc1ccccc1OS(=O)(=O)C(F)(F)F.S.c1ccc(-c2ccccc2)cc1. The zero-order chi connectivity index (χ0) is 26.1. The molecule has 0 aliphatic carbocycles. The largest absolute Gasteiger partial charge is 0.534 e. The predicted molar refractivity (Wildman–Crippen MR) is 136 cm³/mol. The van der Waals surface area contributed by atoms with Crippen LogP contribution in [0.25, 0.3) is 11.1 Å². The van der Waals surface area contributed by atoms with Crippen molar-refractivity contribution in [3.05, 3.63) is 84.9 Å². The van der Waals surface area contributed by atoms with Gasteiger partial charge < -0.3 is 13.7 Å². The summed E-state index contributed by atoms with van der Waals surface area (Å²) < 4.78 is 72.9. The maximum atomic E-state index is 12.3. The highest BCUT2D eigenvalue weighted by atomic mass is 32.2. The maximum Gasteiger partial charge on any atom is 0.534 e. The molecule has 3 aromatic carbocycles. The van der Waals surface area contributed by atoms with Crippen LogP contribution in [0.1, 0.15) is 20.8 Å². The third-order valence-electron chi connectivity index (χ3n) is 3.98. The average Bonchev–Trinajstić information content (AvgIpc) is 2.78. The van der Waals surface area contributed by atoms with Crippen LogP contribution in [0.2, 0.25) is 0 Å². The van der Waals surface area contributed by atoms with E-state index in [9.17, 15) is 26.4 Å². The van der Waals surface area contributed by atoms with Gasteiger partial charge in [-0.15, -0.1) is 0 Å². The first kappa shape index (κ1) is 30.9. The summed E-state index contributed by atoms with van der Waals surface area (Å²) in [5.74, 6) is -1.80.